The van der Waals surface area contributed by atoms with Gasteiger partial charge >= 0.3 is 0 Å². The average molecular weight is 221 g/mol. The number of amides is 1. The summed E-state index contributed by atoms with van der Waals surface area (Å²) in [5.74, 6) is 0.457. The molecule has 0 atom stereocenters. The van der Waals surface area contributed by atoms with Crippen molar-refractivity contribution in [3.8, 4) is 5.75 Å². The van der Waals surface area contributed by atoms with Crippen LogP contribution in [-0.2, 0) is 4.84 Å². The summed E-state index contributed by atoms with van der Waals surface area (Å²) in [6.07, 6.45) is 2.00. The molecule has 0 spiro atoms. The zero-order valence-electron chi connectivity index (χ0n) is 9.31. The second-order valence-electron chi connectivity index (χ2n) is 3.65. The highest BCUT2D eigenvalue weighted by molar-refractivity contribution is 5.96. The molecule has 1 aliphatic heterocycles. The van der Waals surface area contributed by atoms with Crippen LogP contribution >= 0.6 is 0 Å². The number of carbonyl (C=O) groups is 1. The van der Waals surface area contributed by atoms with Crippen molar-refractivity contribution < 1.29 is 14.4 Å². The van der Waals surface area contributed by atoms with E-state index in [0.29, 0.717) is 24.5 Å². The zero-order valence-corrected chi connectivity index (χ0v) is 9.31. The number of benzene rings is 1. The smallest absolute Gasteiger partial charge is 0.281 e. The Kier molecular flexibility index (Phi) is 3.41. The molecule has 1 aromatic rings. The largest absolute Gasteiger partial charge is 0.496 e. The van der Waals surface area contributed by atoms with Crippen LogP contribution in [0, 0.1) is 0 Å². The molecule has 0 aromatic heterocycles. The Morgan fingerprint density at radius 3 is 2.88 bits per heavy atom. The van der Waals surface area contributed by atoms with Gasteiger partial charge in [-0.1, -0.05) is 12.1 Å². The van der Waals surface area contributed by atoms with Crippen LogP contribution < -0.4 is 4.74 Å². The second-order valence-corrected chi connectivity index (χ2v) is 3.65. The first-order valence-corrected chi connectivity index (χ1v) is 5.40. The summed E-state index contributed by atoms with van der Waals surface area (Å²) < 4.78 is 5.15. The monoisotopic (exact) mass is 221 g/mol. The van der Waals surface area contributed by atoms with Gasteiger partial charge in [0.15, 0.2) is 0 Å². The van der Waals surface area contributed by atoms with Gasteiger partial charge in [-0.3, -0.25) is 9.63 Å². The maximum atomic E-state index is 12.1. The lowest BCUT2D eigenvalue weighted by atomic mass is 10.1. The van der Waals surface area contributed by atoms with Crippen LogP contribution in [0.25, 0.3) is 0 Å². The number of para-hydroxylation sites is 1. The molecule has 2 rings (SSSR count). The molecule has 1 aliphatic rings. The average Bonchev–Trinajstić information content (AvgIpc) is 2.39. The van der Waals surface area contributed by atoms with Crippen LogP contribution in [-0.4, -0.2) is 31.2 Å². The minimum Gasteiger partial charge on any atom is -0.496 e. The van der Waals surface area contributed by atoms with Gasteiger partial charge in [-0.25, -0.2) is 5.06 Å². The molecule has 0 saturated carbocycles. The molecule has 0 bridgehead atoms. The predicted octanol–water partition coefficient (Wildman–Crippen LogP) is 1.86. The third-order valence-corrected chi connectivity index (χ3v) is 2.57. The van der Waals surface area contributed by atoms with E-state index in [1.807, 2.05) is 12.1 Å². The molecule has 0 N–H and O–H groups in total. The standard InChI is InChI=1S/C12H15NO3/c1-15-11-7-3-2-6-10(11)12(14)13-8-4-5-9-16-13/h2-3,6-7H,4-5,8-9H2,1H3. The number of hydroxylamine groups is 2. The molecule has 1 heterocycles. The molecule has 0 radical (unpaired) electrons. The number of rotatable bonds is 2. The normalized spacial score (nSPS) is 15.9. The van der Waals surface area contributed by atoms with Gasteiger partial charge in [-0.15, -0.1) is 0 Å². The topological polar surface area (TPSA) is 38.8 Å². The predicted molar refractivity (Wildman–Crippen MR) is 59.2 cm³/mol. The summed E-state index contributed by atoms with van der Waals surface area (Å²) in [6.45, 7) is 1.26. The van der Waals surface area contributed by atoms with Gasteiger partial charge in [-0.2, -0.15) is 0 Å². The van der Waals surface area contributed by atoms with Crippen molar-refractivity contribution in [2.24, 2.45) is 0 Å². The molecule has 0 aliphatic carbocycles. The van der Waals surface area contributed by atoms with E-state index in [9.17, 15) is 4.79 Å². The van der Waals surface area contributed by atoms with Crippen molar-refractivity contribution in [2.75, 3.05) is 20.3 Å². The van der Waals surface area contributed by atoms with Gasteiger partial charge in [0.25, 0.3) is 5.91 Å². The van der Waals surface area contributed by atoms with Crippen LogP contribution in [0.3, 0.4) is 0 Å². The van der Waals surface area contributed by atoms with Crippen molar-refractivity contribution in [2.45, 2.75) is 12.8 Å². The summed E-state index contributed by atoms with van der Waals surface area (Å²) >= 11 is 0. The fourth-order valence-corrected chi connectivity index (χ4v) is 1.71. The van der Waals surface area contributed by atoms with Crippen LogP contribution in [0.5, 0.6) is 5.75 Å². The number of carbonyl (C=O) groups excluding carboxylic acids is 1. The van der Waals surface area contributed by atoms with E-state index in [1.165, 1.54) is 5.06 Å². The third kappa shape index (κ3) is 2.17. The number of nitrogens with zero attached hydrogens (tertiary/aromatic N) is 1. The lowest BCUT2D eigenvalue weighted by molar-refractivity contribution is -0.144. The Bertz CT molecular complexity index is 372. The lowest BCUT2D eigenvalue weighted by Gasteiger charge is -2.26. The summed E-state index contributed by atoms with van der Waals surface area (Å²) in [4.78, 5) is 17.4. The summed E-state index contributed by atoms with van der Waals surface area (Å²) in [7, 11) is 1.56. The quantitative estimate of drug-likeness (QED) is 0.765. The van der Waals surface area contributed by atoms with Crippen molar-refractivity contribution in [3.63, 3.8) is 0 Å². The van der Waals surface area contributed by atoms with Crippen molar-refractivity contribution in [3.05, 3.63) is 29.8 Å². The molecule has 4 nitrogen and oxygen atoms in total. The van der Waals surface area contributed by atoms with Gasteiger partial charge in [0, 0.05) is 6.54 Å². The van der Waals surface area contributed by atoms with Gasteiger partial charge in [0.2, 0.25) is 0 Å². The molecule has 1 aromatic carbocycles. The van der Waals surface area contributed by atoms with Gasteiger partial charge in [0.1, 0.15) is 5.75 Å². The first-order chi connectivity index (χ1) is 7.83. The number of hydrogen-bond donors (Lipinski definition) is 0. The molecule has 16 heavy (non-hydrogen) atoms. The van der Waals surface area contributed by atoms with Crippen LogP contribution in [0.4, 0.5) is 0 Å². The molecule has 4 heteroatoms. The first-order valence-electron chi connectivity index (χ1n) is 5.40. The Labute approximate surface area is 94.7 Å². The van der Waals surface area contributed by atoms with E-state index >= 15 is 0 Å². The van der Waals surface area contributed by atoms with Crippen LogP contribution in [0.15, 0.2) is 24.3 Å². The van der Waals surface area contributed by atoms with E-state index in [-0.39, 0.29) is 5.91 Å². The van der Waals surface area contributed by atoms with E-state index in [0.717, 1.165) is 12.8 Å². The maximum Gasteiger partial charge on any atom is 0.281 e. The van der Waals surface area contributed by atoms with Gasteiger partial charge in [0.05, 0.1) is 19.3 Å². The number of hydrogen-bond acceptors (Lipinski definition) is 3. The molecule has 1 amide bonds. The molecular weight excluding hydrogens is 206 g/mol. The highest BCUT2D eigenvalue weighted by Gasteiger charge is 2.21. The number of methoxy groups -OCH3 is 1. The van der Waals surface area contributed by atoms with Crippen LogP contribution in [0.1, 0.15) is 23.2 Å². The summed E-state index contributed by atoms with van der Waals surface area (Å²) in [6, 6.07) is 7.18. The van der Waals surface area contributed by atoms with Crippen molar-refractivity contribution >= 4 is 5.91 Å². The molecule has 1 saturated heterocycles. The van der Waals surface area contributed by atoms with E-state index in [2.05, 4.69) is 0 Å². The Morgan fingerprint density at radius 1 is 1.38 bits per heavy atom. The van der Waals surface area contributed by atoms with E-state index in [4.69, 9.17) is 9.57 Å². The fraction of sp³-hybridized carbons (Fsp3) is 0.417. The third-order valence-electron chi connectivity index (χ3n) is 2.57. The Morgan fingerprint density at radius 2 is 2.19 bits per heavy atom. The van der Waals surface area contributed by atoms with Crippen LogP contribution in [0.2, 0.25) is 0 Å². The first kappa shape index (κ1) is 11.0. The molecule has 86 valence electrons. The Balaban J connectivity index is 2.19. The van der Waals surface area contributed by atoms with E-state index in [1.54, 1.807) is 19.2 Å². The summed E-state index contributed by atoms with van der Waals surface area (Å²) in [5, 5.41) is 1.42. The highest BCUT2D eigenvalue weighted by Crippen LogP contribution is 2.20. The van der Waals surface area contributed by atoms with E-state index < -0.39 is 0 Å². The molecular formula is C12H15NO3. The maximum absolute atomic E-state index is 12.1. The summed E-state index contributed by atoms with van der Waals surface area (Å²) in [5.41, 5.74) is 0.548. The lowest BCUT2D eigenvalue weighted by Crippen LogP contribution is -2.35. The Hall–Kier alpha value is -1.55. The van der Waals surface area contributed by atoms with Crippen molar-refractivity contribution in [1.29, 1.82) is 0 Å². The second kappa shape index (κ2) is 4.99. The SMILES string of the molecule is COc1ccccc1C(=O)N1CCCCO1. The number of ether oxygens (including phenoxy) is 1. The molecule has 0 unspecified atom stereocenters. The van der Waals surface area contributed by atoms with Gasteiger partial charge < -0.3 is 4.74 Å². The van der Waals surface area contributed by atoms with Crippen molar-refractivity contribution in [1.82, 2.24) is 5.06 Å². The molecule has 1 fully saturated rings. The fourth-order valence-electron chi connectivity index (χ4n) is 1.71. The highest BCUT2D eigenvalue weighted by atomic mass is 16.7. The minimum atomic E-state index is -0.128. The zero-order chi connectivity index (χ0) is 11.4. The minimum absolute atomic E-state index is 0.128. The van der Waals surface area contributed by atoms with Gasteiger partial charge in [-0.05, 0) is 25.0 Å².